The average molecular weight is 323 g/mol. The van der Waals surface area contributed by atoms with Gasteiger partial charge in [-0.3, -0.25) is 0 Å². The predicted molar refractivity (Wildman–Crippen MR) is 81.0 cm³/mol. The van der Waals surface area contributed by atoms with Crippen LogP contribution >= 0.6 is 15.9 Å². The van der Waals surface area contributed by atoms with Gasteiger partial charge in [0.1, 0.15) is 5.69 Å². The molecule has 0 amide bonds. The molecule has 0 unspecified atom stereocenters. The largest absolute Gasteiger partial charge is 0.443 e. The van der Waals surface area contributed by atoms with E-state index in [1.54, 1.807) is 0 Å². The van der Waals surface area contributed by atoms with E-state index in [4.69, 9.17) is 4.42 Å². The molecule has 1 aromatic carbocycles. The van der Waals surface area contributed by atoms with Crippen molar-refractivity contribution in [2.75, 3.05) is 0 Å². The Morgan fingerprint density at radius 3 is 2.74 bits per heavy atom. The molecular weight excluding hydrogens is 304 g/mol. The Morgan fingerprint density at radius 2 is 2.05 bits per heavy atom. The molecule has 0 atom stereocenters. The molecular formula is C15H19BrN2O. The van der Waals surface area contributed by atoms with Crippen molar-refractivity contribution in [2.24, 2.45) is 0 Å². The molecule has 102 valence electrons. The highest BCUT2D eigenvalue weighted by atomic mass is 79.9. The van der Waals surface area contributed by atoms with E-state index < -0.39 is 0 Å². The first-order valence-corrected chi connectivity index (χ1v) is 7.10. The fourth-order valence-electron chi connectivity index (χ4n) is 1.82. The Labute approximate surface area is 122 Å². The van der Waals surface area contributed by atoms with Crippen LogP contribution < -0.4 is 5.32 Å². The van der Waals surface area contributed by atoms with Gasteiger partial charge in [0.15, 0.2) is 12.2 Å². The van der Waals surface area contributed by atoms with Gasteiger partial charge >= 0.3 is 0 Å². The lowest BCUT2D eigenvalue weighted by Gasteiger charge is -2.20. The molecule has 1 aromatic heterocycles. The highest BCUT2D eigenvalue weighted by molar-refractivity contribution is 9.10. The molecule has 3 nitrogen and oxygen atoms in total. The minimum atomic E-state index is 0.0581. The van der Waals surface area contributed by atoms with Gasteiger partial charge in [0.05, 0.1) is 0 Å². The average Bonchev–Trinajstić information content (AvgIpc) is 2.77. The summed E-state index contributed by atoms with van der Waals surface area (Å²) in [5.41, 5.74) is 3.24. The number of nitrogens with zero attached hydrogens (tertiary/aromatic N) is 1. The van der Waals surface area contributed by atoms with Crippen molar-refractivity contribution in [3.8, 4) is 11.3 Å². The van der Waals surface area contributed by atoms with Gasteiger partial charge in [0, 0.05) is 22.1 Å². The fourth-order valence-corrected chi connectivity index (χ4v) is 2.18. The van der Waals surface area contributed by atoms with Crippen LogP contribution in [0, 0.1) is 6.92 Å². The maximum Gasteiger partial charge on any atom is 0.181 e. The van der Waals surface area contributed by atoms with Gasteiger partial charge in [-0.05, 0) is 39.3 Å². The molecule has 0 saturated heterocycles. The minimum absolute atomic E-state index is 0.0581. The maximum absolute atomic E-state index is 5.58. The van der Waals surface area contributed by atoms with Crippen LogP contribution in [0.15, 0.2) is 33.5 Å². The van der Waals surface area contributed by atoms with Gasteiger partial charge in [-0.15, -0.1) is 0 Å². The summed E-state index contributed by atoms with van der Waals surface area (Å²) in [6, 6.07) is 6.10. The zero-order valence-electron chi connectivity index (χ0n) is 11.7. The molecule has 2 rings (SSSR count). The van der Waals surface area contributed by atoms with Crippen molar-refractivity contribution in [2.45, 2.75) is 39.8 Å². The molecule has 1 heterocycles. The van der Waals surface area contributed by atoms with Gasteiger partial charge in [0.25, 0.3) is 0 Å². The van der Waals surface area contributed by atoms with E-state index >= 15 is 0 Å². The zero-order valence-corrected chi connectivity index (χ0v) is 13.3. The smallest absolute Gasteiger partial charge is 0.181 e. The Kier molecular flexibility index (Phi) is 4.11. The quantitative estimate of drug-likeness (QED) is 0.915. The van der Waals surface area contributed by atoms with E-state index in [1.807, 2.05) is 12.1 Å². The zero-order chi connectivity index (χ0) is 14.0. The Balaban J connectivity index is 2.31. The van der Waals surface area contributed by atoms with Crippen molar-refractivity contribution in [1.29, 1.82) is 0 Å². The van der Waals surface area contributed by atoms with Crippen LogP contribution in [0.3, 0.4) is 0 Å². The second-order valence-corrected chi connectivity index (χ2v) is 6.50. The van der Waals surface area contributed by atoms with Crippen LogP contribution in [0.1, 0.15) is 32.0 Å². The Morgan fingerprint density at radius 1 is 1.32 bits per heavy atom. The number of halogens is 1. The third-order valence-electron chi connectivity index (χ3n) is 2.94. The third kappa shape index (κ3) is 3.45. The number of nitrogens with one attached hydrogen (secondary N) is 1. The van der Waals surface area contributed by atoms with Crippen LogP contribution in [-0.4, -0.2) is 10.5 Å². The van der Waals surface area contributed by atoms with Gasteiger partial charge in [0.2, 0.25) is 0 Å². The number of hydrogen-bond donors (Lipinski definition) is 1. The number of hydrogen-bond acceptors (Lipinski definition) is 3. The van der Waals surface area contributed by atoms with E-state index in [0.29, 0.717) is 6.54 Å². The fraction of sp³-hybridized carbons (Fsp3) is 0.400. The van der Waals surface area contributed by atoms with Crippen LogP contribution in [0.2, 0.25) is 0 Å². The van der Waals surface area contributed by atoms with Crippen molar-refractivity contribution in [1.82, 2.24) is 10.3 Å². The van der Waals surface area contributed by atoms with Crippen molar-refractivity contribution >= 4 is 15.9 Å². The monoisotopic (exact) mass is 322 g/mol. The molecule has 0 aliphatic heterocycles. The molecule has 19 heavy (non-hydrogen) atoms. The molecule has 0 fully saturated rings. The first kappa shape index (κ1) is 14.3. The molecule has 1 N–H and O–H groups in total. The van der Waals surface area contributed by atoms with E-state index in [1.165, 1.54) is 6.39 Å². The first-order valence-electron chi connectivity index (χ1n) is 6.31. The molecule has 0 aliphatic rings. The van der Waals surface area contributed by atoms with E-state index in [0.717, 1.165) is 27.1 Å². The summed E-state index contributed by atoms with van der Waals surface area (Å²) >= 11 is 3.55. The SMILES string of the molecule is Cc1c(Br)cccc1-c1ocnc1CNC(C)(C)C. The van der Waals surface area contributed by atoms with Gasteiger partial charge in [-0.1, -0.05) is 28.1 Å². The summed E-state index contributed by atoms with van der Waals surface area (Å²) in [5, 5.41) is 3.43. The first-order chi connectivity index (χ1) is 8.88. The topological polar surface area (TPSA) is 38.1 Å². The van der Waals surface area contributed by atoms with Gasteiger partial charge < -0.3 is 9.73 Å². The minimum Gasteiger partial charge on any atom is -0.443 e. The molecule has 0 saturated carbocycles. The number of benzene rings is 1. The lowest BCUT2D eigenvalue weighted by molar-refractivity contribution is 0.421. The van der Waals surface area contributed by atoms with Crippen molar-refractivity contribution in [3.63, 3.8) is 0 Å². The second-order valence-electron chi connectivity index (χ2n) is 5.64. The molecule has 0 radical (unpaired) electrons. The van der Waals surface area contributed by atoms with Gasteiger partial charge in [-0.2, -0.15) is 0 Å². The van der Waals surface area contributed by atoms with Crippen LogP contribution in [-0.2, 0) is 6.54 Å². The lowest BCUT2D eigenvalue weighted by atomic mass is 10.0. The lowest BCUT2D eigenvalue weighted by Crippen LogP contribution is -2.35. The summed E-state index contributed by atoms with van der Waals surface area (Å²) in [7, 11) is 0. The highest BCUT2D eigenvalue weighted by Gasteiger charge is 2.16. The summed E-state index contributed by atoms with van der Waals surface area (Å²) in [4.78, 5) is 4.32. The Hall–Kier alpha value is -1.13. The van der Waals surface area contributed by atoms with Crippen LogP contribution in [0.5, 0.6) is 0 Å². The summed E-state index contributed by atoms with van der Waals surface area (Å²) in [6.45, 7) is 9.18. The summed E-state index contributed by atoms with van der Waals surface area (Å²) in [5.74, 6) is 0.843. The molecule has 2 aromatic rings. The molecule has 0 bridgehead atoms. The van der Waals surface area contributed by atoms with E-state index in [-0.39, 0.29) is 5.54 Å². The normalized spacial score (nSPS) is 11.8. The standard InChI is InChI=1S/C15H19BrN2O/c1-10-11(6-5-7-12(10)16)14-13(17-9-19-14)8-18-15(2,3)4/h5-7,9,18H,8H2,1-4H3. The number of rotatable bonds is 3. The summed E-state index contributed by atoms with van der Waals surface area (Å²) in [6.07, 6.45) is 1.51. The van der Waals surface area contributed by atoms with Crippen LogP contribution in [0.25, 0.3) is 11.3 Å². The summed E-state index contributed by atoms with van der Waals surface area (Å²) < 4.78 is 6.66. The highest BCUT2D eigenvalue weighted by Crippen LogP contribution is 2.30. The third-order valence-corrected chi connectivity index (χ3v) is 3.80. The Bertz CT molecular complexity index is 570. The predicted octanol–water partition coefficient (Wildman–Crippen LogP) is 4.30. The van der Waals surface area contributed by atoms with Crippen molar-refractivity contribution < 1.29 is 4.42 Å². The molecule has 4 heteroatoms. The van der Waals surface area contributed by atoms with Crippen molar-refractivity contribution in [3.05, 3.63) is 40.3 Å². The van der Waals surface area contributed by atoms with E-state index in [9.17, 15) is 0 Å². The molecule has 0 spiro atoms. The van der Waals surface area contributed by atoms with E-state index in [2.05, 4.69) is 60.0 Å². The second kappa shape index (κ2) is 5.47. The van der Waals surface area contributed by atoms with Gasteiger partial charge in [-0.25, -0.2) is 4.98 Å². The maximum atomic E-state index is 5.58. The van der Waals surface area contributed by atoms with Crippen LogP contribution in [0.4, 0.5) is 0 Å². The number of oxazole rings is 1. The number of aromatic nitrogens is 1. The molecule has 0 aliphatic carbocycles.